The van der Waals surface area contributed by atoms with Gasteiger partial charge in [-0.15, -0.1) is 0 Å². The lowest BCUT2D eigenvalue weighted by molar-refractivity contribution is -0.383. The Morgan fingerprint density at radius 2 is 2.15 bits per heavy atom. The van der Waals surface area contributed by atoms with Gasteiger partial charge in [0.15, 0.2) is 5.00 Å². The Bertz CT molecular complexity index is 563. The first-order chi connectivity index (χ1) is 9.38. The molecule has 0 spiro atoms. The zero-order chi connectivity index (χ0) is 15.3. The first kappa shape index (κ1) is 16.8. The summed E-state index contributed by atoms with van der Waals surface area (Å²) in [6.07, 6.45) is 0.589. The van der Waals surface area contributed by atoms with Gasteiger partial charge in [0.1, 0.15) is 4.21 Å². The fraction of sp³-hybridized carbons (Fsp3) is 0.600. The van der Waals surface area contributed by atoms with Gasteiger partial charge in [0.25, 0.3) is 10.0 Å². The van der Waals surface area contributed by atoms with E-state index in [4.69, 9.17) is 5.11 Å². The quantitative estimate of drug-likeness (QED) is 0.547. The molecule has 0 fully saturated rings. The number of hydrogen-bond donors (Lipinski definition) is 2. The molecule has 0 aliphatic carbocycles. The maximum Gasteiger partial charge on any atom is 0.304 e. The SMILES string of the molecule is CCCN(CCO)S(=O)(=O)c1cc([N+](=O)[O-])c(NC)s1. The van der Waals surface area contributed by atoms with Crippen LogP contribution in [0.3, 0.4) is 0 Å². The van der Waals surface area contributed by atoms with E-state index in [1.165, 1.54) is 7.05 Å². The molecule has 1 rings (SSSR count). The molecular formula is C10H17N3O5S2. The third-order valence-electron chi connectivity index (χ3n) is 2.53. The highest BCUT2D eigenvalue weighted by Gasteiger charge is 2.30. The Hall–Kier alpha value is -1.23. The van der Waals surface area contributed by atoms with Gasteiger partial charge in [-0.05, 0) is 6.42 Å². The van der Waals surface area contributed by atoms with E-state index in [1.807, 2.05) is 6.92 Å². The number of aliphatic hydroxyl groups excluding tert-OH is 1. The van der Waals surface area contributed by atoms with Crippen LogP contribution in [0.1, 0.15) is 13.3 Å². The molecule has 0 bridgehead atoms. The van der Waals surface area contributed by atoms with Crippen LogP contribution < -0.4 is 5.32 Å². The largest absolute Gasteiger partial charge is 0.395 e. The van der Waals surface area contributed by atoms with Crippen molar-refractivity contribution in [2.24, 2.45) is 0 Å². The molecule has 0 unspecified atom stereocenters. The zero-order valence-electron chi connectivity index (χ0n) is 11.2. The lowest BCUT2D eigenvalue weighted by Crippen LogP contribution is -2.33. The first-order valence-electron chi connectivity index (χ1n) is 5.95. The second-order valence-corrected chi connectivity index (χ2v) is 7.13. The highest BCUT2D eigenvalue weighted by molar-refractivity contribution is 7.91. The Morgan fingerprint density at radius 3 is 2.55 bits per heavy atom. The van der Waals surface area contributed by atoms with Crippen molar-refractivity contribution in [1.82, 2.24) is 4.31 Å². The summed E-state index contributed by atoms with van der Waals surface area (Å²) in [6.45, 7) is 1.74. The van der Waals surface area contributed by atoms with Gasteiger partial charge in [-0.1, -0.05) is 18.3 Å². The van der Waals surface area contributed by atoms with Gasteiger partial charge in [0.2, 0.25) is 0 Å². The van der Waals surface area contributed by atoms with Crippen LogP contribution in [0.5, 0.6) is 0 Å². The minimum absolute atomic E-state index is 0.0310. The minimum atomic E-state index is -3.82. The number of aliphatic hydroxyl groups is 1. The molecule has 0 atom stereocenters. The molecule has 1 aromatic heterocycles. The van der Waals surface area contributed by atoms with Gasteiger partial charge in [0.05, 0.1) is 11.5 Å². The molecule has 10 heteroatoms. The van der Waals surface area contributed by atoms with E-state index in [0.29, 0.717) is 6.42 Å². The number of nitrogens with zero attached hydrogens (tertiary/aromatic N) is 2. The molecule has 1 aromatic rings. The molecule has 114 valence electrons. The second kappa shape index (κ2) is 6.97. The maximum absolute atomic E-state index is 12.4. The van der Waals surface area contributed by atoms with Gasteiger partial charge in [-0.3, -0.25) is 10.1 Å². The monoisotopic (exact) mass is 323 g/mol. The molecule has 20 heavy (non-hydrogen) atoms. The number of sulfonamides is 1. The minimum Gasteiger partial charge on any atom is -0.395 e. The van der Waals surface area contributed by atoms with E-state index < -0.39 is 14.9 Å². The van der Waals surface area contributed by atoms with Crippen molar-refractivity contribution in [1.29, 1.82) is 0 Å². The zero-order valence-corrected chi connectivity index (χ0v) is 12.8. The molecule has 2 N–H and O–H groups in total. The second-order valence-electron chi connectivity index (χ2n) is 3.91. The average Bonchev–Trinajstić information content (AvgIpc) is 2.83. The summed E-state index contributed by atoms with van der Waals surface area (Å²) in [5.41, 5.74) is -0.267. The summed E-state index contributed by atoms with van der Waals surface area (Å²) < 4.78 is 25.8. The highest BCUT2D eigenvalue weighted by Crippen LogP contribution is 2.37. The van der Waals surface area contributed by atoms with Crippen LogP contribution in [0, 0.1) is 10.1 Å². The van der Waals surface area contributed by atoms with Gasteiger partial charge in [-0.25, -0.2) is 8.42 Å². The van der Waals surface area contributed by atoms with Crippen LogP contribution >= 0.6 is 11.3 Å². The van der Waals surface area contributed by atoms with Gasteiger partial charge < -0.3 is 10.4 Å². The van der Waals surface area contributed by atoms with E-state index in [9.17, 15) is 18.5 Å². The van der Waals surface area contributed by atoms with Crippen molar-refractivity contribution >= 4 is 32.0 Å². The van der Waals surface area contributed by atoms with Crippen LogP contribution in [0.4, 0.5) is 10.7 Å². The van der Waals surface area contributed by atoms with Crippen molar-refractivity contribution in [3.05, 3.63) is 16.2 Å². The lowest BCUT2D eigenvalue weighted by Gasteiger charge is -2.19. The summed E-state index contributed by atoms with van der Waals surface area (Å²) >= 11 is 0.811. The molecule has 0 aliphatic heterocycles. The predicted molar refractivity (Wildman–Crippen MR) is 76.7 cm³/mol. The van der Waals surface area contributed by atoms with Crippen molar-refractivity contribution in [2.75, 3.05) is 32.1 Å². The van der Waals surface area contributed by atoms with Crippen LogP contribution in [-0.2, 0) is 10.0 Å². The molecule has 0 amide bonds. The molecular weight excluding hydrogens is 306 g/mol. The third-order valence-corrected chi connectivity index (χ3v) is 6.02. The van der Waals surface area contributed by atoms with Crippen LogP contribution in [-0.4, -0.2) is 49.5 Å². The normalized spacial score (nSPS) is 11.8. The standard InChI is InChI=1S/C10H17N3O5S2/c1-3-4-12(5-6-14)20(17,18)9-7-8(13(15)16)10(11-2)19-9/h7,11,14H,3-6H2,1-2H3. The Morgan fingerprint density at radius 1 is 1.50 bits per heavy atom. The average molecular weight is 323 g/mol. The molecule has 0 aliphatic rings. The number of thiophene rings is 1. The van der Waals surface area contributed by atoms with Crippen molar-refractivity contribution < 1.29 is 18.4 Å². The van der Waals surface area contributed by atoms with Crippen LogP contribution in [0.2, 0.25) is 0 Å². The predicted octanol–water partition coefficient (Wildman–Crippen LogP) is 1.09. The van der Waals surface area contributed by atoms with Crippen molar-refractivity contribution in [2.45, 2.75) is 17.6 Å². The van der Waals surface area contributed by atoms with Crippen LogP contribution in [0.15, 0.2) is 10.3 Å². The van der Waals surface area contributed by atoms with Crippen molar-refractivity contribution in [3.63, 3.8) is 0 Å². The van der Waals surface area contributed by atoms with E-state index in [2.05, 4.69) is 5.32 Å². The number of anilines is 1. The number of hydrogen-bond acceptors (Lipinski definition) is 7. The highest BCUT2D eigenvalue weighted by atomic mass is 32.2. The smallest absolute Gasteiger partial charge is 0.304 e. The maximum atomic E-state index is 12.4. The van der Waals surface area contributed by atoms with Crippen LogP contribution in [0.25, 0.3) is 0 Å². The molecule has 0 radical (unpaired) electrons. The third kappa shape index (κ3) is 3.45. The Kier molecular flexibility index (Phi) is 5.87. The Labute approximate surface area is 121 Å². The van der Waals surface area contributed by atoms with Gasteiger partial charge in [-0.2, -0.15) is 4.31 Å². The van der Waals surface area contributed by atoms with E-state index >= 15 is 0 Å². The van der Waals surface area contributed by atoms with E-state index in [1.54, 1.807) is 0 Å². The fourth-order valence-corrected chi connectivity index (χ4v) is 4.60. The Balaban J connectivity index is 3.23. The fourth-order valence-electron chi connectivity index (χ4n) is 1.64. The van der Waals surface area contributed by atoms with E-state index in [0.717, 1.165) is 21.7 Å². The molecule has 0 saturated carbocycles. The molecule has 1 heterocycles. The number of rotatable bonds is 8. The van der Waals surface area contributed by atoms with Gasteiger partial charge in [0, 0.05) is 26.2 Å². The molecule has 0 aromatic carbocycles. The lowest BCUT2D eigenvalue weighted by atomic mass is 10.5. The van der Waals surface area contributed by atoms with Crippen molar-refractivity contribution in [3.8, 4) is 0 Å². The topological polar surface area (TPSA) is 113 Å². The number of nitrogens with one attached hydrogen (secondary N) is 1. The molecule has 0 saturated heterocycles. The summed E-state index contributed by atoms with van der Waals surface area (Å²) in [5.74, 6) is 0. The summed E-state index contributed by atoms with van der Waals surface area (Å²) in [4.78, 5) is 10.2. The van der Waals surface area contributed by atoms with E-state index in [-0.39, 0.29) is 34.6 Å². The summed E-state index contributed by atoms with van der Waals surface area (Å²) in [6, 6.07) is 1.05. The summed E-state index contributed by atoms with van der Waals surface area (Å²) in [7, 11) is -2.33. The van der Waals surface area contributed by atoms with Gasteiger partial charge >= 0.3 is 5.69 Å². The molecule has 8 nitrogen and oxygen atoms in total. The number of nitro groups is 1. The first-order valence-corrected chi connectivity index (χ1v) is 8.21. The summed E-state index contributed by atoms with van der Waals surface area (Å²) in [5, 5.41) is 22.6.